The molecule has 32 heavy (non-hydrogen) atoms. The molecule has 2 amide bonds. The van der Waals surface area contributed by atoms with Crippen LogP contribution in [0.15, 0.2) is 48.8 Å². The van der Waals surface area contributed by atoms with Crippen molar-refractivity contribution in [1.82, 2.24) is 10.3 Å². The minimum absolute atomic E-state index is 0.0824. The number of carbonyl (C=O) groups is 2. The van der Waals surface area contributed by atoms with Crippen LogP contribution < -0.4 is 25.2 Å². The fourth-order valence-electron chi connectivity index (χ4n) is 4.12. The smallest absolute Gasteiger partial charge is 0.265 e. The number of aromatic nitrogens is 1. The zero-order chi connectivity index (χ0) is 22.1. The van der Waals surface area contributed by atoms with Crippen molar-refractivity contribution in [1.29, 1.82) is 0 Å². The van der Waals surface area contributed by atoms with Crippen molar-refractivity contribution in [2.24, 2.45) is 0 Å². The number of fused-ring (bicyclic) bond motifs is 1. The van der Waals surface area contributed by atoms with E-state index < -0.39 is 0 Å². The van der Waals surface area contributed by atoms with Gasteiger partial charge in [-0.15, -0.1) is 11.3 Å². The van der Waals surface area contributed by atoms with Crippen LogP contribution in [-0.4, -0.2) is 50.1 Å². The predicted molar refractivity (Wildman–Crippen MR) is 125 cm³/mol. The van der Waals surface area contributed by atoms with E-state index in [1.807, 2.05) is 30.3 Å². The van der Waals surface area contributed by atoms with Crippen molar-refractivity contribution in [2.75, 3.05) is 48.4 Å². The molecule has 2 aliphatic rings. The molecular weight excluding hydrogens is 426 g/mol. The first-order chi connectivity index (χ1) is 15.7. The first-order valence-corrected chi connectivity index (χ1v) is 11.3. The molecule has 3 aromatic rings. The number of benzene rings is 1. The van der Waals surface area contributed by atoms with Crippen LogP contribution >= 0.6 is 11.3 Å². The molecular formula is C23H23N5O3S. The van der Waals surface area contributed by atoms with Gasteiger partial charge in [0.25, 0.3) is 11.8 Å². The number of methoxy groups -OCH3 is 1. The lowest BCUT2D eigenvalue weighted by molar-refractivity contribution is 0.0995. The number of nitrogens with one attached hydrogen (secondary N) is 2. The number of ether oxygens (including phenoxy) is 1. The molecule has 1 fully saturated rings. The van der Waals surface area contributed by atoms with E-state index in [1.54, 1.807) is 30.5 Å². The minimum atomic E-state index is -0.215. The minimum Gasteiger partial charge on any atom is -0.496 e. The van der Waals surface area contributed by atoms with E-state index in [-0.39, 0.29) is 11.8 Å². The number of hydrogen-bond acceptors (Lipinski definition) is 7. The molecule has 0 bridgehead atoms. The van der Waals surface area contributed by atoms with E-state index in [1.165, 1.54) is 11.3 Å². The largest absolute Gasteiger partial charge is 0.496 e. The monoisotopic (exact) mass is 449 g/mol. The van der Waals surface area contributed by atoms with E-state index in [2.05, 4.69) is 20.5 Å². The van der Waals surface area contributed by atoms with Gasteiger partial charge >= 0.3 is 0 Å². The topological polar surface area (TPSA) is 86.8 Å². The number of thiophene rings is 1. The van der Waals surface area contributed by atoms with Gasteiger partial charge in [-0.2, -0.15) is 0 Å². The van der Waals surface area contributed by atoms with Crippen LogP contribution in [-0.2, 0) is 6.54 Å². The number of pyridine rings is 1. The average molecular weight is 450 g/mol. The number of piperazine rings is 1. The molecule has 1 saturated heterocycles. The van der Waals surface area contributed by atoms with Crippen molar-refractivity contribution in [3.05, 3.63) is 64.8 Å². The first-order valence-electron chi connectivity index (χ1n) is 10.4. The van der Waals surface area contributed by atoms with Crippen LogP contribution in [0.3, 0.4) is 0 Å². The van der Waals surface area contributed by atoms with Crippen molar-refractivity contribution in [2.45, 2.75) is 6.54 Å². The number of anilines is 3. The van der Waals surface area contributed by atoms with E-state index in [0.29, 0.717) is 28.4 Å². The number of nitrogens with zero attached hydrogens (tertiary/aromatic N) is 3. The van der Waals surface area contributed by atoms with Gasteiger partial charge in [-0.25, -0.2) is 0 Å². The second-order valence-electron chi connectivity index (χ2n) is 7.60. The van der Waals surface area contributed by atoms with Gasteiger partial charge in [0, 0.05) is 43.5 Å². The molecule has 2 N–H and O–H groups in total. The predicted octanol–water partition coefficient (Wildman–Crippen LogP) is 2.97. The summed E-state index contributed by atoms with van der Waals surface area (Å²) >= 11 is 1.29. The maximum absolute atomic E-state index is 13.0. The highest BCUT2D eigenvalue weighted by atomic mass is 32.1. The summed E-state index contributed by atoms with van der Waals surface area (Å²) in [5, 5.41) is 7.06. The summed E-state index contributed by atoms with van der Waals surface area (Å²) in [4.78, 5) is 34.5. The Morgan fingerprint density at radius 2 is 2.03 bits per heavy atom. The fraction of sp³-hybridized carbons (Fsp3) is 0.261. The molecule has 164 valence electrons. The Hall–Kier alpha value is -3.43. The van der Waals surface area contributed by atoms with Crippen molar-refractivity contribution < 1.29 is 14.3 Å². The van der Waals surface area contributed by atoms with Crippen LogP contribution in [0.2, 0.25) is 0 Å². The lowest BCUT2D eigenvalue weighted by Gasteiger charge is -2.30. The van der Waals surface area contributed by atoms with Gasteiger partial charge in [-0.1, -0.05) is 6.07 Å². The Labute approximate surface area is 189 Å². The van der Waals surface area contributed by atoms with Gasteiger partial charge in [0.05, 0.1) is 41.1 Å². The Morgan fingerprint density at radius 3 is 2.84 bits per heavy atom. The maximum Gasteiger partial charge on any atom is 0.265 e. The Balaban J connectivity index is 1.34. The van der Waals surface area contributed by atoms with Crippen LogP contribution in [0.25, 0.3) is 0 Å². The van der Waals surface area contributed by atoms with E-state index in [9.17, 15) is 9.59 Å². The molecule has 0 aliphatic carbocycles. The molecule has 8 nitrogen and oxygen atoms in total. The third-order valence-corrected chi connectivity index (χ3v) is 6.84. The van der Waals surface area contributed by atoms with Crippen LogP contribution in [0.1, 0.15) is 25.6 Å². The van der Waals surface area contributed by atoms with E-state index in [0.717, 1.165) is 42.4 Å². The normalized spacial score (nSPS) is 15.6. The third kappa shape index (κ3) is 3.69. The molecule has 5 rings (SSSR count). The highest BCUT2D eigenvalue weighted by Gasteiger charge is 2.32. The second-order valence-corrected chi connectivity index (χ2v) is 8.66. The standard InChI is InChI=1S/C23H23N5O3S/c1-31-19-4-2-3-15-16(19)14-28(23(15)30)21-6-5-20(32-21)22(29)26-17-13-25-8-7-18(17)27-11-9-24-10-12-27/h2-8,13,24H,9-12,14H2,1H3,(H,26,29). The molecule has 9 heteroatoms. The lowest BCUT2D eigenvalue weighted by Crippen LogP contribution is -2.43. The molecule has 4 heterocycles. The van der Waals surface area contributed by atoms with E-state index >= 15 is 0 Å². The third-order valence-electron chi connectivity index (χ3n) is 5.73. The SMILES string of the molecule is COc1cccc2c1CN(c1ccc(C(=O)Nc3cnccc3N3CCNCC3)s1)C2=O. The van der Waals surface area contributed by atoms with Crippen molar-refractivity contribution in [3.8, 4) is 5.75 Å². The summed E-state index contributed by atoms with van der Waals surface area (Å²) in [5.41, 5.74) is 3.16. The van der Waals surface area contributed by atoms with Crippen LogP contribution in [0.4, 0.5) is 16.4 Å². The molecule has 2 aromatic heterocycles. The van der Waals surface area contributed by atoms with Gasteiger partial charge in [-0.3, -0.25) is 19.5 Å². The number of amides is 2. The molecule has 0 unspecified atom stereocenters. The van der Waals surface area contributed by atoms with Crippen molar-refractivity contribution in [3.63, 3.8) is 0 Å². The first kappa shape index (κ1) is 20.5. The van der Waals surface area contributed by atoms with E-state index in [4.69, 9.17) is 4.74 Å². The zero-order valence-electron chi connectivity index (χ0n) is 17.6. The van der Waals surface area contributed by atoms with Crippen LogP contribution in [0, 0.1) is 0 Å². The van der Waals surface area contributed by atoms with Gasteiger partial charge in [-0.05, 0) is 30.3 Å². The zero-order valence-corrected chi connectivity index (χ0v) is 18.4. The summed E-state index contributed by atoms with van der Waals surface area (Å²) in [7, 11) is 1.60. The lowest BCUT2D eigenvalue weighted by atomic mass is 10.1. The summed E-state index contributed by atoms with van der Waals surface area (Å²) in [6, 6.07) is 11.0. The van der Waals surface area contributed by atoms with Crippen LogP contribution in [0.5, 0.6) is 5.75 Å². The number of rotatable bonds is 5. The van der Waals surface area contributed by atoms with Gasteiger partial charge < -0.3 is 20.3 Å². The van der Waals surface area contributed by atoms with Crippen molar-refractivity contribution >= 4 is 39.5 Å². The Kier molecular flexibility index (Phi) is 5.50. The molecule has 0 atom stereocenters. The quantitative estimate of drug-likeness (QED) is 0.623. The summed E-state index contributed by atoms with van der Waals surface area (Å²) in [5.74, 6) is 0.401. The fourth-order valence-corrected chi connectivity index (χ4v) is 5.02. The van der Waals surface area contributed by atoms with Gasteiger partial charge in [0.1, 0.15) is 5.75 Å². The summed E-state index contributed by atoms with van der Waals surface area (Å²) < 4.78 is 5.41. The number of carbonyl (C=O) groups excluding carboxylic acids is 2. The van der Waals surface area contributed by atoms with Gasteiger partial charge in [0.15, 0.2) is 0 Å². The highest BCUT2D eigenvalue weighted by molar-refractivity contribution is 7.18. The molecule has 1 aromatic carbocycles. The highest BCUT2D eigenvalue weighted by Crippen LogP contribution is 2.37. The molecule has 0 radical (unpaired) electrons. The molecule has 0 spiro atoms. The Bertz CT molecular complexity index is 1170. The number of hydrogen-bond donors (Lipinski definition) is 2. The summed E-state index contributed by atoms with van der Waals surface area (Å²) in [6.07, 6.45) is 3.41. The second kappa shape index (κ2) is 8.60. The van der Waals surface area contributed by atoms with Gasteiger partial charge in [0.2, 0.25) is 0 Å². The molecule has 0 saturated carbocycles. The summed E-state index contributed by atoms with van der Waals surface area (Å²) in [6.45, 7) is 3.98. The average Bonchev–Trinajstić information content (AvgIpc) is 3.45. The Morgan fingerprint density at radius 1 is 1.19 bits per heavy atom. The maximum atomic E-state index is 13.0. The molecule has 2 aliphatic heterocycles.